The highest BCUT2D eigenvalue weighted by atomic mass is 16.2. The Bertz CT molecular complexity index is 893. The normalized spacial score (nSPS) is 17.7. The maximum Gasteiger partial charge on any atom is 0.238 e. The van der Waals surface area contributed by atoms with Crippen LogP contribution in [-0.4, -0.2) is 36.9 Å². The molecule has 1 heterocycles. The van der Waals surface area contributed by atoms with Crippen LogP contribution in [0.3, 0.4) is 0 Å². The average Bonchev–Trinajstić information content (AvgIpc) is 3.25. The van der Waals surface area contributed by atoms with E-state index in [1.807, 2.05) is 25.2 Å². The number of carbonyl (C=O) groups is 2. The van der Waals surface area contributed by atoms with Crippen LogP contribution in [0.4, 0.5) is 11.4 Å². The first-order chi connectivity index (χ1) is 13.0. The lowest BCUT2D eigenvalue weighted by Crippen LogP contribution is -2.32. The Morgan fingerprint density at radius 1 is 1.15 bits per heavy atom. The van der Waals surface area contributed by atoms with E-state index in [2.05, 4.69) is 34.5 Å². The van der Waals surface area contributed by atoms with Crippen molar-refractivity contribution in [1.82, 2.24) is 4.90 Å². The molecule has 1 unspecified atom stereocenters. The number of likely N-dealkylation sites (N-methyl/N-ethyl adjacent to an activating group) is 1. The summed E-state index contributed by atoms with van der Waals surface area (Å²) in [7, 11) is 2.01. The van der Waals surface area contributed by atoms with E-state index in [1.54, 1.807) is 11.8 Å². The standard InChI is InChI=1S/C22H25N3O2/c1-15(26)25-12-11-17-13-18(8-10-20(17)25)23-22(27)14-24(2)21-9-7-16-5-3-4-6-19(16)21/h3-6,8,10,13,21H,7,9,11-12,14H2,1-2H3,(H,23,27). The van der Waals surface area contributed by atoms with Gasteiger partial charge in [0.05, 0.1) is 6.54 Å². The second-order valence-corrected chi connectivity index (χ2v) is 7.48. The maximum atomic E-state index is 12.5. The molecule has 2 aromatic rings. The van der Waals surface area contributed by atoms with E-state index in [9.17, 15) is 9.59 Å². The van der Waals surface area contributed by atoms with Gasteiger partial charge >= 0.3 is 0 Å². The van der Waals surface area contributed by atoms with Crippen LogP contribution in [0.5, 0.6) is 0 Å². The quantitative estimate of drug-likeness (QED) is 0.908. The minimum Gasteiger partial charge on any atom is -0.325 e. The van der Waals surface area contributed by atoms with Gasteiger partial charge in [-0.25, -0.2) is 0 Å². The first-order valence-corrected chi connectivity index (χ1v) is 9.52. The molecular formula is C22H25N3O2. The van der Waals surface area contributed by atoms with Crippen molar-refractivity contribution >= 4 is 23.2 Å². The van der Waals surface area contributed by atoms with E-state index in [0.717, 1.165) is 36.2 Å². The number of benzene rings is 2. The molecule has 1 aliphatic heterocycles. The number of nitrogens with one attached hydrogen (secondary N) is 1. The molecule has 27 heavy (non-hydrogen) atoms. The summed E-state index contributed by atoms with van der Waals surface area (Å²) in [6.07, 6.45) is 2.96. The zero-order chi connectivity index (χ0) is 19.0. The first kappa shape index (κ1) is 17.7. The van der Waals surface area contributed by atoms with E-state index < -0.39 is 0 Å². The smallest absolute Gasteiger partial charge is 0.238 e. The van der Waals surface area contributed by atoms with Crippen molar-refractivity contribution in [2.24, 2.45) is 0 Å². The monoisotopic (exact) mass is 363 g/mol. The summed E-state index contributed by atoms with van der Waals surface area (Å²) in [5.74, 6) is 0.0484. The van der Waals surface area contributed by atoms with E-state index >= 15 is 0 Å². The van der Waals surface area contributed by atoms with Gasteiger partial charge in [-0.15, -0.1) is 0 Å². The molecule has 0 aromatic heterocycles. The molecule has 2 aliphatic rings. The van der Waals surface area contributed by atoms with Gasteiger partial charge in [0.2, 0.25) is 11.8 Å². The Morgan fingerprint density at radius 2 is 1.96 bits per heavy atom. The van der Waals surface area contributed by atoms with Crippen LogP contribution < -0.4 is 10.2 Å². The number of rotatable bonds is 4. The van der Waals surface area contributed by atoms with Crippen molar-refractivity contribution < 1.29 is 9.59 Å². The van der Waals surface area contributed by atoms with Gasteiger partial charge in [-0.3, -0.25) is 14.5 Å². The van der Waals surface area contributed by atoms with Gasteiger partial charge < -0.3 is 10.2 Å². The van der Waals surface area contributed by atoms with Gasteiger partial charge in [0.1, 0.15) is 0 Å². The number of carbonyl (C=O) groups excluding carboxylic acids is 2. The fraction of sp³-hybridized carbons (Fsp3) is 0.364. The van der Waals surface area contributed by atoms with Gasteiger partial charge in [0.15, 0.2) is 0 Å². The first-order valence-electron chi connectivity index (χ1n) is 9.52. The molecule has 5 nitrogen and oxygen atoms in total. The lowest BCUT2D eigenvalue weighted by atomic mass is 10.1. The van der Waals surface area contributed by atoms with E-state index in [4.69, 9.17) is 0 Å². The average molecular weight is 363 g/mol. The number of hydrogen-bond acceptors (Lipinski definition) is 3. The lowest BCUT2D eigenvalue weighted by Gasteiger charge is -2.24. The van der Waals surface area contributed by atoms with Crippen LogP contribution in [-0.2, 0) is 22.4 Å². The second-order valence-electron chi connectivity index (χ2n) is 7.48. The molecule has 0 bridgehead atoms. The zero-order valence-electron chi connectivity index (χ0n) is 15.9. The number of amides is 2. The number of anilines is 2. The second kappa shape index (κ2) is 7.16. The molecule has 2 amide bonds. The molecule has 0 spiro atoms. The van der Waals surface area contributed by atoms with Gasteiger partial charge in [0, 0.05) is 30.9 Å². The van der Waals surface area contributed by atoms with Gasteiger partial charge in [-0.05, 0) is 61.2 Å². The zero-order valence-corrected chi connectivity index (χ0v) is 15.9. The van der Waals surface area contributed by atoms with Gasteiger partial charge in [-0.2, -0.15) is 0 Å². The van der Waals surface area contributed by atoms with Crippen LogP contribution in [0, 0.1) is 0 Å². The summed E-state index contributed by atoms with van der Waals surface area (Å²) in [6, 6.07) is 14.6. The summed E-state index contributed by atoms with van der Waals surface area (Å²) in [6.45, 7) is 2.66. The summed E-state index contributed by atoms with van der Waals surface area (Å²) in [5, 5.41) is 3.01. The van der Waals surface area contributed by atoms with Crippen LogP contribution in [0.25, 0.3) is 0 Å². The molecule has 4 rings (SSSR count). The fourth-order valence-electron chi connectivity index (χ4n) is 4.34. The topological polar surface area (TPSA) is 52.7 Å². The molecule has 0 radical (unpaired) electrons. The van der Waals surface area contributed by atoms with Crippen molar-refractivity contribution in [3.8, 4) is 0 Å². The molecule has 5 heteroatoms. The predicted octanol–water partition coefficient (Wildman–Crippen LogP) is 3.15. The highest BCUT2D eigenvalue weighted by molar-refractivity contribution is 5.96. The molecule has 1 aliphatic carbocycles. The Balaban J connectivity index is 1.40. The third kappa shape index (κ3) is 3.47. The Labute approximate surface area is 160 Å². The van der Waals surface area contributed by atoms with Crippen molar-refractivity contribution in [3.63, 3.8) is 0 Å². The summed E-state index contributed by atoms with van der Waals surface area (Å²) >= 11 is 0. The summed E-state index contributed by atoms with van der Waals surface area (Å²) in [4.78, 5) is 28.1. The largest absolute Gasteiger partial charge is 0.325 e. The third-order valence-corrected chi connectivity index (χ3v) is 5.67. The van der Waals surface area contributed by atoms with Crippen LogP contribution in [0.15, 0.2) is 42.5 Å². The maximum absolute atomic E-state index is 12.5. The molecule has 140 valence electrons. The molecule has 2 aromatic carbocycles. The third-order valence-electron chi connectivity index (χ3n) is 5.67. The Hall–Kier alpha value is -2.66. The molecular weight excluding hydrogens is 338 g/mol. The number of hydrogen-bond donors (Lipinski definition) is 1. The van der Waals surface area contributed by atoms with Crippen molar-refractivity contribution in [2.75, 3.05) is 30.4 Å². The molecule has 0 saturated heterocycles. The SMILES string of the molecule is CC(=O)N1CCc2cc(NC(=O)CN(C)C3CCc4ccccc43)ccc21. The number of fused-ring (bicyclic) bond motifs is 2. The van der Waals surface area contributed by atoms with Crippen LogP contribution in [0.2, 0.25) is 0 Å². The highest BCUT2D eigenvalue weighted by Crippen LogP contribution is 2.35. The molecule has 1 atom stereocenters. The summed E-state index contributed by atoms with van der Waals surface area (Å²) in [5.41, 5.74) is 5.60. The van der Waals surface area contributed by atoms with E-state index in [0.29, 0.717) is 19.1 Å². The minimum atomic E-state index is -0.0109. The Kier molecular flexibility index (Phi) is 4.70. The van der Waals surface area contributed by atoms with Crippen molar-refractivity contribution in [2.45, 2.75) is 32.2 Å². The van der Waals surface area contributed by atoms with Crippen LogP contribution >= 0.6 is 0 Å². The highest BCUT2D eigenvalue weighted by Gasteiger charge is 2.27. The van der Waals surface area contributed by atoms with Gasteiger partial charge in [0.25, 0.3) is 0 Å². The van der Waals surface area contributed by atoms with E-state index in [1.165, 1.54) is 11.1 Å². The Morgan fingerprint density at radius 3 is 2.78 bits per heavy atom. The van der Waals surface area contributed by atoms with Crippen molar-refractivity contribution in [3.05, 3.63) is 59.2 Å². The lowest BCUT2D eigenvalue weighted by molar-refractivity contribution is -0.118. The van der Waals surface area contributed by atoms with Crippen molar-refractivity contribution in [1.29, 1.82) is 0 Å². The number of nitrogens with zero attached hydrogens (tertiary/aromatic N) is 2. The minimum absolute atomic E-state index is 0.0109. The van der Waals surface area contributed by atoms with Gasteiger partial charge in [-0.1, -0.05) is 24.3 Å². The van der Waals surface area contributed by atoms with E-state index in [-0.39, 0.29) is 11.8 Å². The van der Waals surface area contributed by atoms with Crippen LogP contribution in [0.1, 0.15) is 36.1 Å². The molecule has 1 N–H and O–H groups in total. The number of aryl methyl sites for hydroxylation is 1. The predicted molar refractivity (Wildman–Crippen MR) is 107 cm³/mol. The molecule has 0 saturated carbocycles. The summed E-state index contributed by atoms with van der Waals surface area (Å²) < 4.78 is 0. The molecule has 0 fully saturated rings. The fourth-order valence-corrected chi connectivity index (χ4v) is 4.34.